The standard InChI is InChI=1S/C11H15NOS/c1-14-9-3-2-8-4-5-12-11(7-13)10(8)6-9/h2-3,6,11-13H,4-5,7H2,1H3. The van der Waals surface area contributed by atoms with Gasteiger partial charge in [0.05, 0.1) is 12.6 Å². The highest BCUT2D eigenvalue weighted by Crippen LogP contribution is 2.26. The maximum Gasteiger partial charge on any atom is 0.0626 e. The van der Waals surface area contributed by atoms with E-state index in [0.29, 0.717) is 0 Å². The third-order valence-corrected chi connectivity index (χ3v) is 3.42. The number of rotatable bonds is 2. The topological polar surface area (TPSA) is 32.3 Å². The Morgan fingerprint density at radius 3 is 3.14 bits per heavy atom. The third-order valence-electron chi connectivity index (χ3n) is 2.70. The molecule has 1 atom stereocenters. The summed E-state index contributed by atoms with van der Waals surface area (Å²) in [5.74, 6) is 0. The molecule has 0 aromatic heterocycles. The van der Waals surface area contributed by atoms with Crippen LogP contribution in [0.1, 0.15) is 17.2 Å². The van der Waals surface area contributed by atoms with E-state index in [0.717, 1.165) is 13.0 Å². The molecule has 0 amide bonds. The Hall–Kier alpha value is -0.510. The van der Waals surface area contributed by atoms with Gasteiger partial charge in [0.25, 0.3) is 0 Å². The van der Waals surface area contributed by atoms with Gasteiger partial charge in [-0.2, -0.15) is 0 Å². The van der Waals surface area contributed by atoms with Gasteiger partial charge in [-0.1, -0.05) is 6.07 Å². The molecule has 1 aliphatic rings. The molecule has 1 aromatic rings. The fourth-order valence-corrected chi connectivity index (χ4v) is 2.35. The van der Waals surface area contributed by atoms with E-state index in [9.17, 15) is 5.11 Å². The van der Waals surface area contributed by atoms with Crippen LogP contribution in [0.15, 0.2) is 23.1 Å². The number of nitrogens with one attached hydrogen (secondary N) is 1. The van der Waals surface area contributed by atoms with E-state index >= 15 is 0 Å². The fourth-order valence-electron chi connectivity index (χ4n) is 1.91. The molecule has 0 saturated heterocycles. The number of benzene rings is 1. The highest BCUT2D eigenvalue weighted by atomic mass is 32.2. The minimum absolute atomic E-state index is 0.130. The van der Waals surface area contributed by atoms with Crippen molar-refractivity contribution in [3.8, 4) is 0 Å². The van der Waals surface area contributed by atoms with Crippen LogP contribution < -0.4 is 5.32 Å². The summed E-state index contributed by atoms with van der Waals surface area (Å²) < 4.78 is 0. The molecule has 0 fully saturated rings. The molecule has 76 valence electrons. The molecule has 0 spiro atoms. The molecule has 0 bridgehead atoms. The van der Waals surface area contributed by atoms with Gasteiger partial charge >= 0.3 is 0 Å². The summed E-state index contributed by atoms with van der Waals surface area (Å²) in [5.41, 5.74) is 2.64. The van der Waals surface area contributed by atoms with Crippen LogP contribution in [0.5, 0.6) is 0 Å². The van der Waals surface area contributed by atoms with Crippen LogP contribution in [0.2, 0.25) is 0 Å². The van der Waals surface area contributed by atoms with E-state index < -0.39 is 0 Å². The minimum atomic E-state index is 0.130. The fraction of sp³-hybridized carbons (Fsp3) is 0.455. The van der Waals surface area contributed by atoms with Gasteiger partial charge in [-0.25, -0.2) is 0 Å². The normalized spacial score (nSPS) is 20.6. The van der Waals surface area contributed by atoms with Gasteiger partial charge in [-0.05, 0) is 42.5 Å². The molecule has 1 aliphatic heterocycles. The Kier molecular flexibility index (Phi) is 3.11. The molecule has 2 nitrogen and oxygen atoms in total. The first-order chi connectivity index (χ1) is 6.85. The highest BCUT2D eigenvalue weighted by molar-refractivity contribution is 7.98. The van der Waals surface area contributed by atoms with Crippen molar-refractivity contribution in [2.24, 2.45) is 0 Å². The van der Waals surface area contributed by atoms with Crippen molar-refractivity contribution in [2.45, 2.75) is 17.4 Å². The van der Waals surface area contributed by atoms with E-state index in [2.05, 4.69) is 29.8 Å². The first kappa shape index (κ1) is 10.0. The Balaban J connectivity index is 2.38. The quantitative estimate of drug-likeness (QED) is 0.725. The highest BCUT2D eigenvalue weighted by Gasteiger charge is 2.18. The summed E-state index contributed by atoms with van der Waals surface area (Å²) in [6, 6.07) is 6.66. The van der Waals surface area contributed by atoms with Crippen LogP contribution in [0.25, 0.3) is 0 Å². The number of hydrogen-bond donors (Lipinski definition) is 2. The SMILES string of the molecule is CSc1ccc2c(c1)C(CO)NCC2. The van der Waals surface area contributed by atoms with Crippen molar-refractivity contribution in [2.75, 3.05) is 19.4 Å². The van der Waals surface area contributed by atoms with Crippen LogP contribution >= 0.6 is 11.8 Å². The number of thioether (sulfide) groups is 1. The smallest absolute Gasteiger partial charge is 0.0626 e. The van der Waals surface area contributed by atoms with E-state index in [-0.39, 0.29) is 12.6 Å². The molecule has 1 aromatic carbocycles. The first-order valence-corrected chi connectivity index (χ1v) is 6.08. The van der Waals surface area contributed by atoms with Gasteiger partial charge in [0.2, 0.25) is 0 Å². The zero-order valence-electron chi connectivity index (χ0n) is 8.29. The molecular formula is C11H15NOS. The molecule has 2 rings (SSSR count). The van der Waals surface area contributed by atoms with Crippen molar-refractivity contribution in [3.05, 3.63) is 29.3 Å². The predicted octanol–water partition coefficient (Wildman–Crippen LogP) is 1.59. The Morgan fingerprint density at radius 2 is 2.43 bits per heavy atom. The number of fused-ring (bicyclic) bond motifs is 1. The number of aliphatic hydroxyl groups excluding tert-OH is 1. The van der Waals surface area contributed by atoms with E-state index in [1.165, 1.54) is 16.0 Å². The summed E-state index contributed by atoms with van der Waals surface area (Å²) >= 11 is 1.74. The summed E-state index contributed by atoms with van der Waals surface area (Å²) in [6.45, 7) is 1.15. The number of aliphatic hydroxyl groups is 1. The molecular weight excluding hydrogens is 194 g/mol. The lowest BCUT2D eigenvalue weighted by atomic mass is 9.95. The lowest BCUT2D eigenvalue weighted by molar-refractivity contribution is 0.240. The minimum Gasteiger partial charge on any atom is -0.394 e. The van der Waals surface area contributed by atoms with Crippen LogP contribution in [0, 0.1) is 0 Å². The number of hydrogen-bond acceptors (Lipinski definition) is 3. The van der Waals surface area contributed by atoms with Crippen molar-refractivity contribution in [1.29, 1.82) is 0 Å². The zero-order valence-corrected chi connectivity index (χ0v) is 9.10. The first-order valence-electron chi connectivity index (χ1n) is 4.86. The second-order valence-corrected chi connectivity index (χ2v) is 4.38. The summed E-state index contributed by atoms with van der Waals surface area (Å²) in [5, 5.41) is 12.5. The van der Waals surface area contributed by atoms with Crippen LogP contribution in [0.4, 0.5) is 0 Å². The summed E-state index contributed by atoms with van der Waals surface area (Å²) in [4.78, 5) is 1.27. The summed E-state index contributed by atoms with van der Waals surface area (Å²) in [7, 11) is 0. The summed E-state index contributed by atoms with van der Waals surface area (Å²) in [6.07, 6.45) is 3.15. The predicted molar refractivity (Wildman–Crippen MR) is 59.8 cm³/mol. The largest absolute Gasteiger partial charge is 0.394 e. The Labute approximate surface area is 88.7 Å². The monoisotopic (exact) mass is 209 g/mol. The van der Waals surface area contributed by atoms with Crippen molar-refractivity contribution < 1.29 is 5.11 Å². The van der Waals surface area contributed by atoms with E-state index in [4.69, 9.17) is 0 Å². The molecule has 3 heteroatoms. The van der Waals surface area contributed by atoms with Gasteiger partial charge in [0.1, 0.15) is 0 Å². The molecule has 2 N–H and O–H groups in total. The molecule has 14 heavy (non-hydrogen) atoms. The molecule has 0 aliphatic carbocycles. The van der Waals surface area contributed by atoms with Crippen molar-refractivity contribution in [3.63, 3.8) is 0 Å². The average Bonchev–Trinajstić information content (AvgIpc) is 2.27. The van der Waals surface area contributed by atoms with Crippen molar-refractivity contribution in [1.82, 2.24) is 5.32 Å². The molecule has 0 saturated carbocycles. The van der Waals surface area contributed by atoms with E-state index in [1.807, 2.05) is 0 Å². The Bertz CT molecular complexity index is 327. The maximum absolute atomic E-state index is 9.23. The lowest BCUT2D eigenvalue weighted by Gasteiger charge is -2.25. The van der Waals surface area contributed by atoms with Crippen LogP contribution in [-0.4, -0.2) is 24.5 Å². The second kappa shape index (κ2) is 4.34. The average molecular weight is 209 g/mol. The van der Waals surface area contributed by atoms with Gasteiger partial charge in [-0.15, -0.1) is 11.8 Å². The molecule has 1 unspecified atom stereocenters. The van der Waals surface area contributed by atoms with Gasteiger partial charge in [0, 0.05) is 4.90 Å². The second-order valence-electron chi connectivity index (χ2n) is 3.50. The zero-order chi connectivity index (χ0) is 9.97. The Morgan fingerprint density at radius 1 is 1.57 bits per heavy atom. The van der Waals surface area contributed by atoms with Crippen LogP contribution in [0.3, 0.4) is 0 Å². The molecule has 0 radical (unpaired) electrons. The van der Waals surface area contributed by atoms with Gasteiger partial charge in [-0.3, -0.25) is 0 Å². The van der Waals surface area contributed by atoms with Crippen LogP contribution in [-0.2, 0) is 6.42 Å². The third kappa shape index (κ3) is 1.80. The van der Waals surface area contributed by atoms with E-state index in [1.54, 1.807) is 11.8 Å². The van der Waals surface area contributed by atoms with Gasteiger partial charge in [0.15, 0.2) is 0 Å². The van der Waals surface area contributed by atoms with Gasteiger partial charge < -0.3 is 10.4 Å². The maximum atomic E-state index is 9.23. The lowest BCUT2D eigenvalue weighted by Crippen LogP contribution is -2.32. The molecule has 1 heterocycles. The van der Waals surface area contributed by atoms with Crippen molar-refractivity contribution >= 4 is 11.8 Å².